The lowest BCUT2D eigenvalue weighted by Gasteiger charge is -2.32. The Morgan fingerprint density at radius 3 is 2.95 bits per heavy atom. The highest BCUT2D eigenvalue weighted by atomic mass is 16.5. The van der Waals surface area contributed by atoms with Gasteiger partial charge in [-0.05, 0) is 25.2 Å². The van der Waals surface area contributed by atoms with E-state index in [0.717, 1.165) is 19.4 Å². The molecular formula is C13H24N2O4. The van der Waals surface area contributed by atoms with Crippen LogP contribution in [0.3, 0.4) is 0 Å². The van der Waals surface area contributed by atoms with E-state index in [1.807, 2.05) is 4.90 Å². The largest absolute Gasteiger partial charge is 0.481 e. The molecule has 0 radical (unpaired) electrons. The molecule has 1 heterocycles. The molecule has 19 heavy (non-hydrogen) atoms. The van der Waals surface area contributed by atoms with Crippen molar-refractivity contribution in [1.82, 2.24) is 10.2 Å². The first-order chi connectivity index (χ1) is 9.13. The number of ether oxygens (including phenoxy) is 1. The van der Waals surface area contributed by atoms with Crippen molar-refractivity contribution in [2.24, 2.45) is 5.92 Å². The maximum atomic E-state index is 12.0. The van der Waals surface area contributed by atoms with E-state index in [4.69, 9.17) is 9.84 Å². The number of carboxylic acids is 1. The summed E-state index contributed by atoms with van der Waals surface area (Å²) in [5, 5.41) is 11.7. The normalized spacial score (nSPS) is 19.4. The van der Waals surface area contributed by atoms with Crippen LogP contribution in [0.4, 0.5) is 0 Å². The van der Waals surface area contributed by atoms with Gasteiger partial charge in [0.15, 0.2) is 0 Å². The molecule has 1 unspecified atom stereocenters. The van der Waals surface area contributed by atoms with Gasteiger partial charge < -0.3 is 20.1 Å². The Morgan fingerprint density at radius 1 is 1.47 bits per heavy atom. The number of amides is 1. The SMILES string of the molecule is COCCNCC(=O)N1CCCC(CCC(=O)O)C1. The number of carbonyl (C=O) groups excluding carboxylic acids is 1. The fraction of sp³-hybridized carbons (Fsp3) is 0.846. The summed E-state index contributed by atoms with van der Waals surface area (Å²) < 4.78 is 4.90. The molecule has 6 heteroatoms. The third kappa shape index (κ3) is 6.54. The van der Waals surface area contributed by atoms with Crippen molar-refractivity contribution in [2.75, 3.05) is 39.9 Å². The first kappa shape index (κ1) is 15.9. The number of methoxy groups -OCH3 is 1. The van der Waals surface area contributed by atoms with Gasteiger partial charge in [0.25, 0.3) is 0 Å². The molecule has 0 aromatic heterocycles. The van der Waals surface area contributed by atoms with Crippen molar-refractivity contribution in [3.8, 4) is 0 Å². The summed E-state index contributed by atoms with van der Waals surface area (Å²) in [7, 11) is 1.63. The van der Waals surface area contributed by atoms with Crippen LogP contribution in [0.25, 0.3) is 0 Å². The van der Waals surface area contributed by atoms with Crippen LogP contribution in [-0.4, -0.2) is 61.8 Å². The number of likely N-dealkylation sites (tertiary alicyclic amines) is 1. The minimum absolute atomic E-state index is 0.0936. The van der Waals surface area contributed by atoms with Gasteiger partial charge in [0.1, 0.15) is 0 Å². The average molecular weight is 272 g/mol. The quantitative estimate of drug-likeness (QED) is 0.622. The molecule has 1 atom stereocenters. The Hall–Kier alpha value is -1.14. The van der Waals surface area contributed by atoms with Crippen LogP contribution < -0.4 is 5.32 Å². The van der Waals surface area contributed by atoms with E-state index in [2.05, 4.69) is 5.32 Å². The van der Waals surface area contributed by atoms with Gasteiger partial charge in [-0.1, -0.05) is 0 Å². The van der Waals surface area contributed by atoms with Gasteiger partial charge >= 0.3 is 5.97 Å². The summed E-state index contributed by atoms with van der Waals surface area (Å²) in [6.07, 6.45) is 2.84. The number of nitrogens with one attached hydrogen (secondary N) is 1. The van der Waals surface area contributed by atoms with Gasteiger partial charge in [0, 0.05) is 33.2 Å². The molecule has 0 spiro atoms. The highest BCUT2D eigenvalue weighted by molar-refractivity contribution is 5.78. The highest BCUT2D eigenvalue weighted by Crippen LogP contribution is 2.20. The molecule has 1 aliphatic heterocycles. The molecule has 6 nitrogen and oxygen atoms in total. The molecule has 0 aliphatic carbocycles. The molecule has 0 saturated carbocycles. The van der Waals surface area contributed by atoms with Crippen LogP contribution in [0.1, 0.15) is 25.7 Å². The average Bonchev–Trinajstić information content (AvgIpc) is 2.41. The van der Waals surface area contributed by atoms with Crippen molar-refractivity contribution in [3.05, 3.63) is 0 Å². The number of hydrogen-bond acceptors (Lipinski definition) is 4. The van der Waals surface area contributed by atoms with E-state index < -0.39 is 5.97 Å². The number of hydrogen-bond donors (Lipinski definition) is 2. The molecule has 2 N–H and O–H groups in total. The molecule has 0 aromatic carbocycles. The van der Waals surface area contributed by atoms with Crippen molar-refractivity contribution in [1.29, 1.82) is 0 Å². The first-order valence-electron chi connectivity index (χ1n) is 6.82. The maximum absolute atomic E-state index is 12.0. The molecule has 1 amide bonds. The molecule has 1 fully saturated rings. The van der Waals surface area contributed by atoms with Gasteiger partial charge in [-0.3, -0.25) is 9.59 Å². The Morgan fingerprint density at radius 2 is 2.26 bits per heavy atom. The summed E-state index contributed by atoms with van der Waals surface area (Å²) in [5.74, 6) is -0.339. The Balaban J connectivity index is 2.24. The van der Waals surface area contributed by atoms with Crippen molar-refractivity contribution >= 4 is 11.9 Å². The van der Waals surface area contributed by atoms with Gasteiger partial charge in [0.2, 0.25) is 5.91 Å². The van der Waals surface area contributed by atoms with Crippen LogP contribution in [0.5, 0.6) is 0 Å². The van der Waals surface area contributed by atoms with Gasteiger partial charge in [0.05, 0.1) is 13.2 Å². The smallest absolute Gasteiger partial charge is 0.303 e. The van der Waals surface area contributed by atoms with E-state index >= 15 is 0 Å². The number of aliphatic carboxylic acids is 1. The summed E-state index contributed by atoms with van der Waals surface area (Å²) in [5.41, 5.74) is 0. The number of carbonyl (C=O) groups is 2. The summed E-state index contributed by atoms with van der Waals surface area (Å²) >= 11 is 0. The topological polar surface area (TPSA) is 78.9 Å². The van der Waals surface area contributed by atoms with Crippen LogP contribution >= 0.6 is 0 Å². The van der Waals surface area contributed by atoms with E-state index in [1.165, 1.54) is 0 Å². The van der Waals surface area contributed by atoms with E-state index in [0.29, 0.717) is 38.6 Å². The predicted octanol–water partition coefficient (Wildman–Crippen LogP) is 0.326. The zero-order valence-corrected chi connectivity index (χ0v) is 11.6. The van der Waals surface area contributed by atoms with Crippen molar-refractivity contribution in [2.45, 2.75) is 25.7 Å². The zero-order chi connectivity index (χ0) is 14.1. The molecule has 110 valence electrons. The van der Waals surface area contributed by atoms with E-state index in [9.17, 15) is 9.59 Å². The standard InChI is InChI=1S/C13H24N2O4/c1-19-8-6-14-9-12(16)15-7-2-3-11(10-15)4-5-13(17)18/h11,14H,2-10H2,1H3,(H,17,18). The van der Waals surface area contributed by atoms with Gasteiger partial charge in [-0.15, -0.1) is 0 Å². The second-order valence-corrected chi connectivity index (χ2v) is 4.95. The van der Waals surface area contributed by atoms with E-state index in [1.54, 1.807) is 7.11 Å². The van der Waals surface area contributed by atoms with Crippen LogP contribution in [0, 0.1) is 5.92 Å². The highest BCUT2D eigenvalue weighted by Gasteiger charge is 2.23. The number of rotatable bonds is 8. The third-order valence-electron chi connectivity index (χ3n) is 3.40. The lowest BCUT2D eigenvalue weighted by molar-refractivity contribution is -0.137. The molecule has 0 bridgehead atoms. The maximum Gasteiger partial charge on any atom is 0.303 e. The van der Waals surface area contributed by atoms with Crippen LogP contribution in [-0.2, 0) is 14.3 Å². The van der Waals surface area contributed by atoms with Gasteiger partial charge in [-0.2, -0.15) is 0 Å². The van der Waals surface area contributed by atoms with E-state index in [-0.39, 0.29) is 12.3 Å². The lowest BCUT2D eigenvalue weighted by atomic mass is 9.93. The molecule has 0 aromatic rings. The fourth-order valence-corrected chi connectivity index (χ4v) is 2.34. The predicted molar refractivity (Wildman–Crippen MR) is 70.9 cm³/mol. The first-order valence-corrected chi connectivity index (χ1v) is 6.82. The molecule has 1 rings (SSSR count). The minimum Gasteiger partial charge on any atom is -0.481 e. The Kier molecular flexibility index (Phi) is 7.43. The van der Waals surface area contributed by atoms with Crippen molar-refractivity contribution in [3.63, 3.8) is 0 Å². The second-order valence-electron chi connectivity index (χ2n) is 4.95. The lowest BCUT2D eigenvalue weighted by Crippen LogP contribution is -2.44. The zero-order valence-electron chi connectivity index (χ0n) is 11.6. The monoisotopic (exact) mass is 272 g/mol. The summed E-state index contributed by atoms with van der Waals surface area (Å²) in [4.78, 5) is 24.4. The third-order valence-corrected chi connectivity index (χ3v) is 3.40. The number of piperidine rings is 1. The van der Waals surface area contributed by atoms with Crippen LogP contribution in [0.2, 0.25) is 0 Å². The molecular weight excluding hydrogens is 248 g/mol. The molecule has 1 saturated heterocycles. The van der Waals surface area contributed by atoms with Gasteiger partial charge in [-0.25, -0.2) is 0 Å². The second kappa shape index (κ2) is 8.87. The fourth-order valence-electron chi connectivity index (χ4n) is 2.34. The Labute approximate surface area is 114 Å². The minimum atomic E-state index is -0.760. The number of carboxylic acid groups (broad SMARTS) is 1. The summed E-state index contributed by atoms with van der Waals surface area (Å²) in [6.45, 7) is 3.06. The number of nitrogens with zero attached hydrogens (tertiary/aromatic N) is 1. The van der Waals surface area contributed by atoms with Crippen LogP contribution in [0.15, 0.2) is 0 Å². The summed E-state index contributed by atoms with van der Waals surface area (Å²) in [6, 6.07) is 0. The Bertz CT molecular complexity index is 296. The van der Waals surface area contributed by atoms with Crippen molar-refractivity contribution < 1.29 is 19.4 Å². The molecule has 1 aliphatic rings.